The first-order valence-corrected chi connectivity index (χ1v) is 12.3. The van der Waals surface area contributed by atoms with Crippen molar-refractivity contribution in [2.75, 3.05) is 18.4 Å². The van der Waals surface area contributed by atoms with Crippen LogP contribution in [0.3, 0.4) is 0 Å². The van der Waals surface area contributed by atoms with Crippen molar-refractivity contribution in [3.63, 3.8) is 0 Å². The molecule has 0 aromatic heterocycles. The Balaban J connectivity index is 1.39. The molecule has 36 heavy (non-hydrogen) atoms. The number of halogens is 1. The maximum absolute atomic E-state index is 13.1. The molecule has 0 unspecified atom stereocenters. The fourth-order valence-corrected chi connectivity index (χ4v) is 4.27. The van der Waals surface area contributed by atoms with E-state index in [0.717, 1.165) is 21.2 Å². The Labute approximate surface area is 218 Å². The van der Waals surface area contributed by atoms with Gasteiger partial charge in [0.2, 0.25) is 5.91 Å². The summed E-state index contributed by atoms with van der Waals surface area (Å²) in [6.07, 6.45) is 0. The molecule has 1 aliphatic rings. The molecule has 8 heteroatoms. The summed E-state index contributed by atoms with van der Waals surface area (Å²) in [5.74, 6) is -2.47. The number of carbonyl (C=O) groups excluding carboxylic acids is 3. The lowest BCUT2D eigenvalue weighted by Gasteiger charge is -2.32. The van der Waals surface area contributed by atoms with Gasteiger partial charge in [-0.3, -0.25) is 14.4 Å². The highest BCUT2D eigenvalue weighted by molar-refractivity contribution is 9.10. The lowest BCUT2D eigenvalue weighted by atomic mass is 9.96. The topological polar surface area (TPSA) is 98.7 Å². The van der Waals surface area contributed by atoms with Crippen LogP contribution in [0.25, 0.3) is 11.1 Å². The first-order chi connectivity index (χ1) is 17.3. The largest absolute Gasteiger partial charge is 0.511 e. The average Bonchev–Trinajstić information content (AvgIpc) is 2.88. The predicted octanol–water partition coefficient (Wildman–Crippen LogP) is 4.66. The average molecular weight is 548 g/mol. The number of rotatable bonds is 7. The van der Waals surface area contributed by atoms with Gasteiger partial charge in [0.15, 0.2) is 0 Å². The molecule has 3 aromatic rings. The molecule has 1 atom stereocenters. The number of benzene rings is 3. The van der Waals surface area contributed by atoms with Crippen LogP contribution < -0.4 is 10.6 Å². The molecule has 3 aromatic carbocycles. The van der Waals surface area contributed by atoms with Gasteiger partial charge in [0.05, 0.1) is 6.54 Å². The van der Waals surface area contributed by atoms with Gasteiger partial charge < -0.3 is 20.6 Å². The standard InChI is InChI=1S/C28H26BrN3O4/c1-18-16-32(17-19-7-9-21(10-8-19)20-5-3-2-4-6-20)28(36)25(26(18)34)27(35)30-15-24(33)31-23-13-11-22(29)12-14-23/h2-14,18,34H,15-17H2,1H3,(H,30,35)(H,31,33)/t18-/m1/s1. The lowest BCUT2D eigenvalue weighted by Crippen LogP contribution is -2.46. The molecule has 4 rings (SSSR count). The van der Waals surface area contributed by atoms with Gasteiger partial charge in [-0.25, -0.2) is 0 Å². The molecule has 0 saturated heterocycles. The zero-order chi connectivity index (χ0) is 25.7. The summed E-state index contributed by atoms with van der Waals surface area (Å²) in [7, 11) is 0. The molecule has 0 bridgehead atoms. The van der Waals surface area contributed by atoms with E-state index < -0.39 is 23.6 Å². The van der Waals surface area contributed by atoms with Crippen LogP contribution in [0.15, 0.2) is 94.7 Å². The second kappa shape index (κ2) is 11.2. The lowest BCUT2D eigenvalue weighted by molar-refractivity contribution is -0.133. The number of nitrogens with one attached hydrogen (secondary N) is 2. The van der Waals surface area contributed by atoms with Gasteiger partial charge in [0, 0.05) is 29.2 Å². The third-order valence-corrected chi connectivity index (χ3v) is 6.45. The minimum absolute atomic E-state index is 0.263. The van der Waals surface area contributed by atoms with E-state index in [0.29, 0.717) is 12.2 Å². The SMILES string of the molecule is C[C@@H]1CN(Cc2ccc(-c3ccccc3)cc2)C(=O)C(C(=O)NCC(=O)Nc2ccc(Br)cc2)=C1O. The first kappa shape index (κ1) is 25.2. The molecule has 3 amide bonds. The molecule has 1 aliphatic heterocycles. The molecule has 0 radical (unpaired) electrons. The highest BCUT2D eigenvalue weighted by Gasteiger charge is 2.35. The van der Waals surface area contributed by atoms with Crippen LogP contribution >= 0.6 is 15.9 Å². The highest BCUT2D eigenvalue weighted by atomic mass is 79.9. The van der Waals surface area contributed by atoms with E-state index in [2.05, 4.69) is 26.6 Å². The summed E-state index contributed by atoms with van der Waals surface area (Å²) in [4.78, 5) is 39.7. The van der Waals surface area contributed by atoms with Crippen LogP contribution in [0.1, 0.15) is 12.5 Å². The summed E-state index contributed by atoms with van der Waals surface area (Å²) in [5.41, 5.74) is 3.32. The molecule has 0 spiro atoms. The van der Waals surface area contributed by atoms with Crippen LogP contribution in [-0.2, 0) is 20.9 Å². The Kier molecular flexibility index (Phi) is 7.85. The Morgan fingerprint density at radius 3 is 2.28 bits per heavy atom. The highest BCUT2D eigenvalue weighted by Crippen LogP contribution is 2.25. The van der Waals surface area contributed by atoms with Gasteiger partial charge in [-0.15, -0.1) is 0 Å². The number of aliphatic hydroxyl groups is 1. The normalized spacial score (nSPS) is 15.6. The fourth-order valence-electron chi connectivity index (χ4n) is 4.00. The number of carbonyl (C=O) groups is 3. The number of hydrogen-bond donors (Lipinski definition) is 3. The Hall–Kier alpha value is -3.91. The molecule has 3 N–H and O–H groups in total. The Morgan fingerprint density at radius 1 is 0.972 bits per heavy atom. The van der Waals surface area contributed by atoms with Crippen LogP contribution in [0.2, 0.25) is 0 Å². The molecular weight excluding hydrogens is 522 g/mol. The third kappa shape index (κ3) is 6.01. The van der Waals surface area contributed by atoms with Crippen molar-refractivity contribution in [1.82, 2.24) is 10.2 Å². The van der Waals surface area contributed by atoms with E-state index in [4.69, 9.17) is 0 Å². The summed E-state index contributed by atoms with van der Waals surface area (Å²) < 4.78 is 0.873. The monoisotopic (exact) mass is 547 g/mol. The van der Waals surface area contributed by atoms with Crippen molar-refractivity contribution in [1.29, 1.82) is 0 Å². The van der Waals surface area contributed by atoms with Crippen molar-refractivity contribution >= 4 is 39.3 Å². The maximum Gasteiger partial charge on any atom is 0.263 e. The zero-order valence-corrected chi connectivity index (χ0v) is 21.3. The Bertz CT molecular complexity index is 1290. The summed E-state index contributed by atoms with van der Waals surface area (Å²) in [6.45, 7) is 1.99. The van der Waals surface area contributed by atoms with Gasteiger partial charge in [-0.2, -0.15) is 0 Å². The summed E-state index contributed by atoms with van der Waals surface area (Å²) >= 11 is 3.33. The van der Waals surface area contributed by atoms with Crippen molar-refractivity contribution < 1.29 is 19.5 Å². The number of hydrogen-bond acceptors (Lipinski definition) is 4. The van der Waals surface area contributed by atoms with Gasteiger partial charge >= 0.3 is 0 Å². The summed E-state index contributed by atoms with van der Waals surface area (Å²) in [5, 5.41) is 15.6. The van der Waals surface area contributed by atoms with Crippen LogP contribution in [-0.4, -0.2) is 40.8 Å². The van der Waals surface area contributed by atoms with E-state index >= 15 is 0 Å². The second-order valence-electron chi connectivity index (χ2n) is 8.65. The molecule has 7 nitrogen and oxygen atoms in total. The smallest absolute Gasteiger partial charge is 0.263 e. The summed E-state index contributed by atoms with van der Waals surface area (Å²) in [6, 6.07) is 24.9. The van der Waals surface area contributed by atoms with Crippen molar-refractivity contribution in [3.8, 4) is 11.1 Å². The van der Waals surface area contributed by atoms with E-state index in [1.54, 1.807) is 36.1 Å². The maximum atomic E-state index is 13.1. The van der Waals surface area contributed by atoms with Gasteiger partial charge in [0.25, 0.3) is 11.8 Å². The van der Waals surface area contributed by atoms with E-state index in [9.17, 15) is 19.5 Å². The number of anilines is 1. The van der Waals surface area contributed by atoms with Crippen molar-refractivity contribution in [2.45, 2.75) is 13.5 Å². The van der Waals surface area contributed by atoms with Crippen molar-refractivity contribution in [3.05, 3.63) is 100 Å². The molecular formula is C28H26BrN3O4. The number of amides is 3. The molecule has 0 fully saturated rings. The van der Waals surface area contributed by atoms with E-state index in [1.165, 1.54) is 0 Å². The molecule has 1 heterocycles. The molecule has 0 saturated carbocycles. The van der Waals surface area contributed by atoms with Gasteiger partial charge in [-0.1, -0.05) is 77.5 Å². The number of aliphatic hydroxyl groups excluding tert-OH is 1. The minimum atomic E-state index is -0.778. The van der Waals surface area contributed by atoms with Crippen LogP contribution in [0, 0.1) is 5.92 Å². The predicted molar refractivity (Wildman–Crippen MR) is 142 cm³/mol. The second-order valence-corrected chi connectivity index (χ2v) is 9.56. The van der Waals surface area contributed by atoms with Gasteiger partial charge in [-0.05, 0) is 41.0 Å². The van der Waals surface area contributed by atoms with Crippen LogP contribution in [0.5, 0.6) is 0 Å². The van der Waals surface area contributed by atoms with E-state index in [1.807, 2.05) is 54.6 Å². The Morgan fingerprint density at radius 2 is 1.61 bits per heavy atom. The van der Waals surface area contributed by atoms with E-state index in [-0.39, 0.29) is 24.4 Å². The quantitative estimate of drug-likeness (QED) is 0.374. The number of nitrogens with zero attached hydrogens (tertiary/aromatic N) is 1. The fraction of sp³-hybridized carbons (Fsp3) is 0.179. The molecule has 0 aliphatic carbocycles. The van der Waals surface area contributed by atoms with Gasteiger partial charge in [0.1, 0.15) is 11.3 Å². The first-order valence-electron chi connectivity index (χ1n) is 11.5. The third-order valence-electron chi connectivity index (χ3n) is 5.92. The zero-order valence-electron chi connectivity index (χ0n) is 19.7. The van der Waals surface area contributed by atoms with Crippen LogP contribution in [0.4, 0.5) is 5.69 Å². The minimum Gasteiger partial charge on any atom is -0.511 e. The molecule has 184 valence electrons. The van der Waals surface area contributed by atoms with Crippen molar-refractivity contribution in [2.24, 2.45) is 5.92 Å².